The summed E-state index contributed by atoms with van der Waals surface area (Å²) in [6.07, 6.45) is 1.61. The molecule has 1 heterocycles. The topological polar surface area (TPSA) is 70.5 Å². The lowest BCUT2D eigenvalue weighted by Crippen LogP contribution is -2.47. The number of hydrogen-bond donors (Lipinski definition) is 4. The van der Waals surface area contributed by atoms with Gasteiger partial charge in [-0.15, -0.1) is 0 Å². The number of anilines is 1. The molecule has 0 spiro atoms. The van der Waals surface area contributed by atoms with E-state index in [4.69, 9.17) is 33.6 Å². The zero-order valence-corrected chi connectivity index (χ0v) is 14.2. The molecule has 2 rings (SSSR count). The number of rotatable bonds is 5. The second-order valence-electron chi connectivity index (χ2n) is 4.42. The molecule has 0 amide bonds. The molecule has 2 aromatic rings. The number of furan rings is 1. The van der Waals surface area contributed by atoms with Crippen molar-refractivity contribution in [2.24, 2.45) is 0 Å². The van der Waals surface area contributed by atoms with Crippen molar-refractivity contribution in [2.45, 2.75) is 13.5 Å². The van der Waals surface area contributed by atoms with E-state index < -0.39 is 0 Å². The van der Waals surface area contributed by atoms with E-state index in [1.54, 1.807) is 6.26 Å². The van der Waals surface area contributed by atoms with Gasteiger partial charge in [-0.3, -0.25) is 10.9 Å². The van der Waals surface area contributed by atoms with Gasteiger partial charge in [0.1, 0.15) is 11.5 Å². The van der Waals surface area contributed by atoms with Crippen LogP contribution >= 0.6 is 24.4 Å². The van der Waals surface area contributed by atoms with E-state index in [2.05, 4.69) is 21.5 Å². The summed E-state index contributed by atoms with van der Waals surface area (Å²) < 4.78 is 10.6. The molecule has 0 saturated carbocycles. The molecule has 0 aliphatic carbocycles. The van der Waals surface area contributed by atoms with Gasteiger partial charge in [0.15, 0.2) is 10.2 Å². The fraction of sp³-hybridized carbons (Fsp3) is 0.200. The SMILES string of the molecule is CCOc1ccc(NC(=S)NNC(=S)NCc2ccco2)cc1. The first-order chi connectivity index (χ1) is 11.2. The summed E-state index contributed by atoms with van der Waals surface area (Å²) in [5.41, 5.74) is 6.45. The smallest absolute Gasteiger partial charge is 0.189 e. The Balaban J connectivity index is 1.68. The van der Waals surface area contributed by atoms with Crippen LogP contribution < -0.4 is 26.2 Å². The highest BCUT2D eigenvalue weighted by Gasteiger charge is 2.01. The zero-order chi connectivity index (χ0) is 16.5. The molecule has 6 nitrogen and oxygen atoms in total. The van der Waals surface area contributed by atoms with Gasteiger partial charge in [0, 0.05) is 5.69 Å². The average molecular weight is 350 g/mol. The third kappa shape index (κ3) is 6.13. The van der Waals surface area contributed by atoms with Crippen LogP contribution in [0.5, 0.6) is 5.75 Å². The number of ether oxygens (including phenoxy) is 1. The highest BCUT2D eigenvalue weighted by atomic mass is 32.1. The van der Waals surface area contributed by atoms with Crippen LogP contribution in [0.1, 0.15) is 12.7 Å². The number of hydrazine groups is 1. The van der Waals surface area contributed by atoms with Gasteiger partial charge in [-0.1, -0.05) is 0 Å². The first kappa shape index (κ1) is 17.0. The van der Waals surface area contributed by atoms with Gasteiger partial charge in [0.05, 0.1) is 19.4 Å². The monoisotopic (exact) mass is 350 g/mol. The third-order valence-electron chi connectivity index (χ3n) is 2.72. The van der Waals surface area contributed by atoms with Crippen LogP contribution in [0, 0.1) is 0 Å². The van der Waals surface area contributed by atoms with Crippen LogP contribution in [-0.4, -0.2) is 16.8 Å². The molecular weight excluding hydrogens is 332 g/mol. The Labute approximate surface area is 145 Å². The molecule has 0 fully saturated rings. The first-order valence-corrected chi connectivity index (χ1v) is 7.85. The largest absolute Gasteiger partial charge is 0.494 e. The Hall–Kier alpha value is -2.32. The van der Waals surface area contributed by atoms with Crippen molar-refractivity contribution in [3.8, 4) is 5.75 Å². The van der Waals surface area contributed by atoms with Crippen LogP contribution in [0.4, 0.5) is 5.69 Å². The van der Waals surface area contributed by atoms with Crippen LogP contribution in [0.3, 0.4) is 0 Å². The van der Waals surface area contributed by atoms with Crippen molar-refractivity contribution in [2.75, 3.05) is 11.9 Å². The van der Waals surface area contributed by atoms with Gasteiger partial charge >= 0.3 is 0 Å². The Kier molecular flexibility index (Phi) is 6.64. The van der Waals surface area contributed by atoms with Crippen molar-refractivity contribution in [1.29, 1.82) is 0 Å². The predicted molar refractivity (Wildman–Crippen MR) is 98.2 cm³/mol. The number of benzene rings is 1. The van der Waals surface area contributed by atoms with E-state index in [1.807, 2.05) is 43.3 Å². The molecule has 0 radical (unpaired) electrons. The summed E-state index contributed by atoms with van der Waals surface area (Å²) in [6.45, 7) is 3.08. The van der Waals surface area contributed by atoms with Crippen LogP contribution in [-0.2, 0) is 6.54 Å². The Bertz CT molecular complexity index is 629. The highest BCUT2D eigenvalue weighted by molar-refractivity contribution is 7.80. The molecule has 122 valence electrons. The maximum absolute atomic E-state index is 5.38. The maximum Gasteiger partial charge on any atom is 0.189 e. The van der Waals surface area contributed by atoms with E-state index in [-0.39, 0.29) is 0 Å². The minimum Gasteiger partial charge on any atom is -0.494 e. The number of nitrogens with one attached hydrogen (secondary N) is 4. The zero-order valence-electron chi connectivity index (χ0n) is 12.6. The summed E-state index contributed by atoms with van der Waals surface area (Å²) in [5, 5.41) is 6.83. The minimum atomic E-state index is 0.399. The summed E-state index contributed by atoms with van der Waals surface area (Å²) in [6, 6.07) is 11.2. The van der Waals surface area contributed by atoms with Crippen LogP contribution in [0.15, 0.2) is 47.1 Å². The van der Waals surface area contributed by atoms with Crippen LogP contribution in [0.25, 0.3) is 0 Å². The van der Waals surface area contributed by atoms with Gasteiger partial charge in [-0.25, -0.2) is 0 Å². The van der Waals surface area contributed by atoms with Crippen molar-refractivity contribution >= 4 is 40.3 Å². The second kappa shape index (κ2) is 8.96. The van der Waals surface area contributed by atoms with Crippen molar-refractivity contribution in [3.05, 3.63) is 48.4 Å². The second-order valence-corrected chi connectivity index (χ2v) is 5.24. The Morgan fingerprint density at radius 3 is 2.48 bits per heavy atom. The molecule has 0 aliphatic heterocycles. The molecule has 1 aromatic heterocycles. The lowest BCUT2D eigenvalue weighted by molar-refractivity contribution is 0.340. The van der Waals surface area contributed by atoms with Crippen LogP contribution in [0.2, 0.25) is 0 Å². The third-order valence-corrected chi connectivity index (χ3v) is 3.17. The Morgan fingerprint density at radius 2 is 1.83 bits per heavy atom. The molecule has 0 unspecified atom stereocenters. The van der Waals surface area contributed by atoms with E-state index in [0.29, 0.717) is 23.4 Å². The van der Waals surface area contributed by atoms with Gasteiger partial charge in [0.25, 0.3) is 0 Å². The van der Waals surface area contributed by atoms with Gasteiger partial charge < -0.3 is 19.8 Å². The first-order valence-electron chi connectivity index (χ1n) is 7.03. The molecule has 23 heavy (non-hydrogen) atoms. The summed E-state index contributed by atoms with van der Waals surface area (Å²) in [5.74, 6) is 1.61. The molecular formula is C15H18N4O2S2. The molecule has 1 aromatic carbocycles. The molecule has 0 atom stereocenters. The molecule has 0 saturated heterocycles. The van der Waals surface area contributed by atoms with Gasteiger partial charge in [-0.05, 0) is 67.8 Å². The quantitative estimate of drug-likeness (QED) is 0.484. The van der Waals surface area contributed by atoms with Crippen molar-refractivity contribution in [1.82, 2.24) is 16.2 Å². The number of thiocarbonyl (C=S) groups is 2. The fourth-order valence-electron chi connectivity index (χ4n) is 1.70. The molecule has 0 bridgehead atoms. The van der Waals surface area contributed by atoms with Crippen molar-refractivity contribution in [3.63, 3.8) is 0 Å². The van der Waals surface area contributed by atoms with E-state index in [9.17, 15) is 0 Å². The van der Waals surface area contributed by atoms with Gasteiger partial charge in [-0.2, -0.15) is 0 Å². The predicted octanol–water partition coefficient (Wildman–Crippen LogP) is 2.54. The summed E-state index contributed by atoms with van der Waals surface area (Å²) in [4.78, 5) is 0. The van der Waals surface area contributed by atoms with E-state index >= 15 is 0 Å². The lowest BCUT2D eigenvalue weighted by Gasteiger charge is -2.14. The molecule has 8 heteroatoms. The fourth-order valence-corrected chi connectivity index (χ4v) is 1.99. The standard InChI is InChI=1S/C15H18N4O2S2/c1-2-20-12-7-5-11(6-8-12)17-15(23)19-18-14(22)16-10-13-4-3-9-21-13/h3-9H,2,10H2,1H3,(H2,16,18,22)(H2,17,19,23). The lowest BCUT2D eigenvalue weighted by atomic mass is 10.3. The van der Waals surface area contributed by atoms with Gasteiger partial charge in [0.2, 0.25) is 0 Å². The van der Waals surface area contributed by atoms with E-state index in [0.717, 1.165) is 17.2 Å². The maximum atomic E-state index is 5.38. The Morgan fingerprint density at radius 1 is 1.09 bits per heavy atom. The molecule has 0 aliphatic rings. The summed E-state index contributed by atoms with van der Waals surface area (Å²) >= 11 is 10.3. The van der Waals surface area contributed by atoms with Crippen molar-refractivity contribution < 1.29 is 9.15 Å². The minimum absolute atomic E-state index is 0.399. The normalized spacial score (nSPS) is 9.78. The highest BCUT2D eigenvalue weighted by Crippen LogP contribution is 2.15. The van der Waals surface area contributed by atoms with E-state index in [1.165, 1.54) is 0 Å². The number of hydrogen-bond acceptors (Lipinski definition) is 4. The summed E-state index contributed by atoms with van der Waals surface area (Å²) in [7, 11) is 0. The molecule has 4 N–H and O–H groups in total. The average Bonchev–Trinajstić information content (AvgIpc) is 3.06.